The van der Waals surface area contributed by atoms with Gasteiger partial charge in [0.15, 0.2) is 0 Å². The molecule has 1 aliphatic rings. The Balaban J connectivity index is 1.71. The summed E-state index contributed by atoms with van der Waals surface area (Å²) in [5, 5.41) is 0.707. The van der Waals surface area contributed by atoms with Crippen LogP contribution >= 0.6 is 11.6 Å². The smallest absolute Gasteiger partial charge is 0.253 e. The molecule has 1 fully saturated rings. The van der Waals surface area contributed by atoms with Crippen LogP contribution in [0.25, 0.3) is 0 Å². The molecule has 29 heavy (non-hydrogen) atoms. The molecule has 1 saturated heterocycles. The Kier molecular flexibility index (Phi) is 6.10. The van der Waals surface area contributed by atoms with Crippen LogP contribution in [-0.2, 0) is 10.0 Å². The Bertz CT molecular complexity index is 1030. The van der Waals surface area contributed by atoms with Crippen molar-refractivity contribution in [1.82, 2.24) is 4.90 Å². The summed E-state index contributed by atoms with van der Waals surface area (Å²) in [6, 6.07) is 11.0. The third kappa shape index (κ3) is 4.67. The number of sulfonamides is 1. The number of hydrogen-bond donors (Lipinski definition) is 0. The van der Waals surface area contributed by atoms with Gasteiger partial charge in [0, 0.05) is 49.5 Å². The normalized spacial score (nSPS) is 14.8. The van der Waals surface area contributed by atoms with Crippen molar-refractivity contribution in [3.05, 3.63) is 58.1 Å². The van der Waals surface area contributed by atoms with E-state index in [9.17, 15) is 13.2 Å². The molecule has 2 aromatic carbocycles. The summed E-state index contributed by atoms with van der Waals surface area (Å²) in [5.41, 5.74) is 4.16. The Morgan fingerprint density at radius 2 is 1.66 bits per heavy atom. The Hall–Kier alpha value is -2.25. The van der Waals surface area contributed by atoms with Crippen LogP contribution in [0.1, 0.15) is 21.5 Å². The zero-order valence-corrected chi connectivity index (χ0v) is 18.7. The summed E-state index contributed by atoms with van der Waals surface area (Å²) in [6.45, 7) is 6.58. The van der Waals surface area contributed by atoms with Gasteiger partial charge in [-0.05, 0) is 55.3 Å². The minimum atomic E-state index is -3.35. The van der Waals surface area contributed by atoms with Gasteiger partial charge in [0.1, 0.15) is 0 Å². The van der Waals surface area contributed by atoms with Gasteiger partial charge in [-0.3, -0.25) is 9.10 Å². The number of benzene rings is 2. The number of carbonyl (C=O) groups is 1. The van der Waals surface area contributed by atoms with Crippen molar-refractivity contribution >= 4 is 38.9 Å². The van der Waals surface area contributed by atoms with Crippen molar-refractivity contribution in [3.8, 4) is 0 Å². The van der Waals surface area contributed by atoms with Crippen molar-refractivity contribution < 1.29 is 13.2 Å². The van der Waals surface area contributed by atoms with E-state index in [0.717, 1.165) is 36.2 Å². The molecule has 0 radical (unpaired) electrons. The number of aryl methyl sites for hydroxylation is 2. The van der Waals surface area contributed by atoms with E-state index in [1.807, 2.05) is 30.0 Å². The molecular formula is C21H26ClN3O3S. The number of rotatable bonds is 4. The van der Waals surface area contributed by atoms with Gasteiger partial charge in [-0.1, -0.05) is 17.7 Å². The molecule has 8 heteroatoms. The molecule has 156 valence electrons. The molecule has 3 rings (SSSR count). The highest BCUT2D eigenvalue weighted by atomic mass is 35.5. The van der Waals surface area contributed by atoms with Crippen LogP contribution in [0.15, 0.2) is 36.4 Å². The van der Waals surface area contributed by atoms with E-state index in [1.165, 1.54) is 11.4 Å². The lowest BCUT2D eigenvalue weighted by molar-refractivity contribution is 0.0746. The summed E-state index contributed by atoms with van der Waals surface area (Å²) in [5.74, 6) is -0.0378. The second-order valence-electron chi connectivity index (χ2n) is 7.44. The molecule has 0 unspecified atom stereocenters. The third-order valence-corrected chi connectivity index (χ3v) is 6.79. The number of hydrogen-bond acceptors (Lipinski definition) is 4. The Morgan fingerprint density at radius 1 is 1.00 bits per heavy atom. The lowest BCUT2D eigenvalue weighted by Crippen LogP contribution is -2.49. The highest BCUT2D eigenvalue weighted by Crippen LogP contribution is 2.26. The van der Waals surface area contributed by atoms with Crippen LogP contribution in [0, 0.1) is 13.8 Å². The van der Waals surface area contributed by atoms with E-state index in [4.69, 9.17) is 11.6 Å². The monoisotopic (exact) mass is 435 g/mol. The van der Waals surface area contributed by atoms with Crippen LogP contribution in [0.2, 0.25) is 5.02 Å². The molecule has 0 bridgehead atoms. The van der Waals surface area contributed by atoms with Gasteiger partial charge in [-0.15, -0.1) is 0 Å². The van der Waals surface area contributed by atoms with E-state index in [0.29, 0.717) is 29.4 Å². The Labute approximate surface area is 177 Å². The van der Waals surface area contributed by atoms with Crippen molar-refractivity contribution in [2.75, 3.05) is 48.7 Å². The summed E-state index contributed by atoms with van der Waals surface area (Å²) in [7, 11) is -1.84. The maximum atomic E-state index is 12.9. The molecule has 2 aromatic rings. The fraction of sp³-hybridized carbons (Fsp3) is 0.381. The van der Waals surface area contributed by atoms with Gasteiger partial charge in [-0.2, -0.15) is 0 Å². The zero-order chi connectivity index (χ0) is 21.3. The Morgan fingerprint density at radius 3 is 2.24 bits per heavy atom. The molecule has 0 N–H and O–H groups in total. The van der Waals surface area contributed by atoms with Crippen LogP contribution in [-0.4, -0.2) is 58.7 Å². The first-order valence-electron chi connectivity index (χ1n) is 9.43. The first-order chi connectivity index (χ1) is 13.6. The molecule has 0 aliphatic carbocycles. The van der Waals surface area contributed by atoms with Crippen LogP contribution in [0.3, 0.4) is 0 Å². The van der Waals surface area contributed by atoms with Crippen molar-refractivity contribution in [2.24, 2.45) is 0 Å². The minimum absolute atomic E-state index is 0.0378. The van der Waals surface area contributed by atoms with E-state index < -0.39 is 10.0 Å². The number of halogens is 1. The molecule has 1 amide bonds. The predicted molar refractivity (Wildman–Crippen MR) is 119 cm³/mol. The number of anilines is 2. The average Bonchev–Trinajstić information content (AvgIpc) is 2.68. The largest absolute Gasteiger partial charge is 0.368 e. The summed E-state index contributed by atoms with van der Waals surface area (Å²) in [4.78, 5) is 17.0. The molecule has 0 spiro atoms. The number of nitrogens with zero attached hydrogens (tertiary/aromatic N) is 3. The lowest BCUT2D eigenvalue weighted by atomic mass is 10.1. The van der Waals surface area contributed by atoms with Gasteiger partial charge in [0.2, 0.25) is 10.0 Å². The minimum Gasteiger partial charge on any atom is -0.368 e. The maximum Gasteiger partial charge on any atom is 0.253 e. The summed E-state index contributed by atoms with van der Waals surface area (Å²) < 4.78 is 24.8. The van der Waals surface area contributed by atoms with E-state index in [-0.39, 0.29) is 5.91 Å². The summed E-state index contributed by atoms with van der Waals surface area (Å²) >= 11 is 6.14. The van der Waals surface area contributed by atoms with Gasteiger partial charge in [-0.25, -0.2) is 8.42 Å². The maximum absolute atomic E-state index is 12.9. The summed E-state index contributed by atoms with van der Waals surface area (Å²) in [6.07, 6.45) is 1.16. The second-order valence-corrected chi connectivity index (χ2v) is 9.89. The van der Waals surface area contributed by atoms with Crippen molar-refractivity contribution in [2.45, 2.75) is 13.8 Å². The quantitative estimate of drug-likeness (QED) is 0.739. The number of piperazine rings is 1. The van der Waals surface area contributed by atoms with Crippen LogP contribution in [0.5, 0.6) is 0 Å². The van der Waals surface area contributed by atoms with Gasteiger partial charge in [0.25, 0.3) is 5.91 Å². The van der Waals surface area contributed by atoms with Gasteiger partial charge < -0.3 is 9.80 Å². The fourth-order valence-electron chi connectivity index (χ4n) is 3.58. The van der Waals surface area contributed by atoms with E-state index in [1.54, 1.807) is 18.2 Å². The van der Waals surface area contributed by atoms with Crippen LogP contribution < -0.4 is 9.21 Å². The van der Waals surface area contributed by atoms with Crippen molar-refractivity contribution in [1.29, 1.82) is 0 Å². The molecule has 0 saturated carbocycles. The second kappa shape index (κ2) is 8.24. The highest BCUT2D eigenvalue weighted by Gasteiger charge is 2.24. The van der Waals surface area contributed by atoms with Gasteiger partial charge >= 0.3 is 0 Å². The molecule has 1 aliphatic heterocycles. The molecule has 0 atom stereocenters. The van der Waals surface area contributed by atoms with Crippen molar-refractivity contribution in [3.63, 3.8) is 0 Å². The molecule has 0 aromatic heterocycles. The third-order valence-electron chi connectivity index (χ3n) is 5.36. The topological polar surface area (TPSA) is 60.9 Å². The first kappa shape index (κ1) is 21.5. The number of amides is 1. The predicted octanol–water partition coefficient (Wildman–Crippen LogP) is 3.32. The standard InChI is InChI=1S/C21H26ClN3O3S/c1-15-5-7-18(22)14-20(15)24-9-11-25(12-10-24)21(26)17-6-8-19(16(2)13-17)23(3)29(4,27)28/h5-8,13-14H,9-12H2,1-4H3. The molecule has 1 heterocycles. The lowest BCUT2D eigenvalue weighted by Gasteiger charge is -2.37. The molecule has 6 nitrogen and oxygen atoms in total. The van der Waals surface area contributed by atoms with E-state index in [2.05, 4.69) is 11.8 Å². The molecular weight excluding hydrogens is 410 g/mol. The zero-order valence-electron chi connectivity index (χ0n) is 17.1. The first-order valence-corrected chi connectivity index (χ1v) is 11.7. The highest BCUT2D eigenvalue weighted by molar-refractivity contribution is 7.92. The fourth-order valence-corrected chi connectivity index (χ4v) is 4.31. The van der Waals surface area contributed by atoms with Crippen LogP contribution in [0.4, 0.5) is 11.4 Å². The number of carbonyl (C=O) groups excluding carboxylic acids is 1. The SMILES string of the molecule is Cc1ccc(Cl)cc1N1CCN(C(=O)c2ccc(N(C)S(C)(=O)=O)c(C)c2)CC1. The van der Waals surface area contributed by atoms with Gasteiger partial charge in [0.05, 0.1) is 11.9 Å². The average molecular weight is 436 g/mol. The van der Waals surface area contributed by atoms with E-state index >= 15 is 0 Å².